The third-order valence-electron chi connectivity index (χ3n) is 20.7. The van der Waals surface area contributed by atoms with Crippen LogP contribution in [-0.4, -0.2) is 262 Å². The van der Waals surface area contributed by atoms with E-state index in [9.17, 15) is 39.6 Å². The SMILES string of the molecule is CI.COc1cc(C)c(S(=O)(=O)N(C)CCOCC(=O)N(C)CC2CCN(c3cc[n+](C)cc3)CC2)c(C)c1.COc1cc(C)c(S(=O)(=O)N(C)CCOCC(=O)N(C)CC2CCN(c3cc[n+](C)cc3)CC2)c(C)c1.COc1cc(C)c(S(=O)(=O)N(C)CCOCC(=O)N(C)CC2CCN(c3ccncc3)CC2)c(C)c1.[I-].[I-]. The highest BCUT2D eigenvalue weighted by atomic mass is 127. The second-order valence-electron chi connectivity index (χ2n) is 29.2. The molecule has 0 spiro atoms. The molecule has 33 heteroatoms. The van der Waals surface area contributed by atoms with Gasteiger partial charge < -0.3 is 106 Å². The minimum Gasteiger partial charge on any atom is -1.00 e. The number of aryl methyl sites for hydroxylation is 8. The molecular weight excluding hydrogens is 1860 g/mol. The van der Waals surface area contributed by atoms with Crippen molar-refractivity contribution in [2.75, 3.05) is 201 Å². The van der Waals surface area contributed by atoms with Crippen LogP contribution in [-0.2, 0) is 72.8 Å². The molecule has 3 aliphatic heterocycles. The average Bonchev–Trinajstić information content (AvgIpc) is 0.792. The van der Waals surface area contributed by atoms with Gasteiger partial charge in [0.1, 0.15) is 51.2 Å². The molecule has 3 aromatic heterocycles. The summed E-state index contributed by atoms with van der Waals surface area (Å²) in [6, 6.07) is 22.9. The van der Waals surface area contributed by atoms with Crippen LogP contribution in [0, 0.1) is 59.3 Å². The van der Waals surface area contributed by atoms with Crippen molar-refractivity contribution in [2.45, 2.75) is 94.8 Å². The molecule has 0 N–H and O–H groups in total. The first-order valence-corrected chi connectivity index (χ1v) is 44.4. The number of piperidine rings is 3. The van der Waals surface area contributed by atoms with Crippen molar-refractivity contribution in [3.8, 4) is 17.2 Å². The number of methoxy groups -OCH3 is 3. The van der Waals surface area contributed by atoms with Gasteiger partial charge >= 0.3 is 0 Å². The Labute approximate surface area is 727 Å². The Morgan fingerprint density at radius 3 is 0.851 bits per heavy atom. The maximum absolute atomic E-state index is 13.1. The number of aromatic nitrogens is 3. The zero-order valence-electron chi connectivity index (χ0n) is 69.9. The highest BCUT2D eigenvalue weighted by Gasteiger charge is 2.31. The number of likely N-dealkylation sites (N-methyl/N-ethyl adjacent to an activating group) is 6. The molecule has 0 unspecified atom stereocenters. The molecule has 3 amide bonds. The zero-order valence-corrected chi connectivity index (χ0v) is 78.9. The van der Waals surface area contributed by atoms with Gasteiger partial charge in [-0.05, 0) is 185 Å². The number of amides is 3. The van der Waals surface area contributed by atoms with Crippen molar-refractivity contribution in [3.63, 3.8) is 0 Å². The minimum atomic E-state index is -3.69. The minimum absolute atomic E-state index is 0. The highest BCUT2D eigenvalue weighted by Crippen LogP contribution is 2.32. The molecule has 0 atom stereocenters. The molecule has 3 aliphatic rings. The number of ether oxygens (including phenoxy) is 6. The van der Waals surface area contributed by atoms with Crippen molar-refractivity contribution < 1.29 is 125 Å². The number of hydrogen-bond acceptors (Lipinski definition) is 19. The first-order valence-electron chi connectivity index (χ1n) is 37.9. The molecule has 114 heavy (non-hydrogen) atoms. The Morgan fingerprint density at radius 1 is 0.412 bits per heavy atom. The molecule has 0 radical (unpaired) electrons. The standard InChI is InChI=1S/2C27H41N4O5S.C26H38N4O5S.CH3I.2HI/c2*1-21-17-25(35-6)18-22(2)27(21)37(33,34)30(5)15-16-36-20-26(32)29(4)19-23-7-13-31(14-8-23)24-9-11-28(3)12-10-24;1-20-16-24(34-5)17-21(2)26(20)36(32,33)29(4)14-15-35-19-25(31)28(3)18-22-8-12-30(13-9-22)23-6-10-27-11-7-23;1-2;;/h2*9-12,17-18,23H,7-8,13-16,19-20H2,1-6H3;6-7,10-11,16-17,22H,8-9,12-15,18-19H2,1-5H3;1H3;2*1H/q2*+1;;;;/p-2. The van der Waals surface area contributed by atoms with Gasteiger partial charge in [-0.25, -0.2) is 34.4 Å². The van der Waals surface area contributed by atoms with Crippen LogP contribution in [0.4, 0.5) is 17.1 Å². The maximum Gasteiger partial charge on any atom is 0.248 e. The number of sulfonamides is 3. The molecular formula is C81H123I3N12O15S3. The van der Waals surface area contributed by atoms with Crippen molar-refractivity contribution in [2.24, 2.45) is 31.8 Å². The van der Waals surface area contributed by atoms with E-state index in [4.69, 9.17) is 28.4 Å². The zero-order chi connectivity index (χ0) is 82.6. The van der Waals surface area contributed by atoms with Gasteiger partial charge in [-0.2, -0.15) is 12.9 Å². The van der Waals surface area contributed by atoms with Crippen LogP contribution in [0.5, 0.6) is 17.2 Å². The normalized spacial score (nSPS) is 14.3. The molecule has 636 valence electrons. The molecule has 6 aromatic rings. The molecule has 3 saturated heterocycles. The Bertz CT molecular complexity index is 4080. The molecule has 0 bridgehead atoms. The Hall–Kier alpha value is -5.88. The van der Waals surface area contributed by atoms with E-state index in [1.54, 1.807) is 135 Å². The lowest BCUT2D eigenvalue weighted by molar-refractivity contribution is -0.671. The molecule has 27 nitrogen and oxygen atoms in total. The van der Waals surface area contributed by atoms with E-state index in [0.717, 1.165) is 77.8 Å². The number of alkyl halides is 1. The van der Waals surface area contributed by atoms with Crippen LogP contribution < -0.4 is 86.0 Å². The number of halogens is 3. The Kier molecular flexibility index (Phi) is 43.1. The molecule has 3 fully saturated rings. The lowest BCUT2D eigenvalue weighted by Crippen LogP contribution is -3.00. The molecule has 9 rings (SSSR count). The lowest BCUT2D eigenvalue weighted by Gasteiger charge is -2.35. The fourth-order valence-electron chi connectivity index (χ4n) is 14.1. The second kappa shape index (κ2) is 48.9. The summed E-state index contributed by atoms with van der Waals surface area (Å²) in [4.78, 5) is 56.9. The van der Waals surface area contributed by atoms with E-state index >= 15 is 0 Å². The number of pyridine rings is 3. The summed E-state index contributed by atoms with van der Waals surface area (Å²) in [5, 5.41) is 0. The van der Waals surface area contributed by atoms with Crippen LogP contribution >= 0.6 is 22.6 Å². The van der Waals surface area contributed by atoms with E-state index in [-0.39, 0.29) is 140 Å². The smallest absolute Gasteiger partial charge is 0.248 e. The van der Waals surface area contributed by atoms with Gasteiger partial charge in [0.25, 0.3) is 0 Å². The fourth-order valence-corrected chi connectivity index (χ4v) is 18.7. The second-order valence-corrected chi connectivity index (χ2v) is 35.1. The summed E-state index contributed by atoms with van der Waals surface area (Å²) >= 11 is 2.15. The first-order chi connectivity index (χ1) is 53.2. The number of hydrogen-bond donors (Lipinski definition) is 0. The summed E-state index contributed by atoms with van der Waals surface area (Å²) in [7, 11) is 7.59. The van der Waals surface area contributed by atoms with E-state index < -0.39 is 30.1 Å². The fraction of sp³-hybridized carbons (Fsp3) is 0.556. The first kappa shape index (κ1) is 100. The molecule has 3 aromatic carbocycles. The molecule has 6 heterocycles. The van der Waals surface area contributed by atoms with Crippen molar-refractivity contribution in [1.29, 1.82) is 0 Å². The van der Waals surface area contributed by atoms with Gasteiger partial charge in [-0.1, -0.05) is 22.6 Å². The number of carbonyl (C=O) groups is 3. The van der Waals surface area contributed by atoms with Gasteiger partial charge in [0, 0.05) is 175 Å². The average molecular weight is 1980 g/mol. The summed E-state index contributed by atoms with van der Waals surface area (Å²) in [5.41, 5.74) is 7.43. The number of nitrogens with zero attached hydrogens (tertiary/aromatic N) is 12. The van der Waals surface area contributed by atoms with Crippen molar-refractivity contribution in [1.82, 2.24) is 32.6 Å². The number of carbonyl (C=O) groups excluding carboxylic acids is 3. The topological polar surface area (TPSA) is 259 Å². The third kappa shape index (κ3) is 29.6. The summed E-state index contributed by atoms with van der Waals surface area (Å²) in [6.45, 7) is 19.1. The predicted octanol–water partition coefficient (Wildman–Crippen LogP) is 2.08. The number of benzene rings is 3. The van der Waals surface area contributed by atoms with Crippen molar-refractivity contribution in [3.05, 3.63) is 143 Å². The summed E-state index contributed by atoms with van der Waals surface area (Å²) in [5.74, 6) is 2.95. The van der Waals surface area contributed by atoms with E-state index in [1.807, 2.05) is 52.7 Å². The summed E-state index contributed by atoms with van der Waals surface area (Å²) < 4.78 is 119. The van der Waals surface area contributed by atoms with Gasteiger partial charge in [-0.15, -0.1) is 0 Å². The van der Waals surface area contributed by atoms with E-state index in [2.05, 4.69) is 91.3 Å². The van der Waals surface area contributed by atoms with Gasteiger partial charge in [0.15, 0.2) is 24.8 Å². The highest BCUT2D eigenvalue weighted by molar-refractivity contribution is 14.1. The maximum atomic E-state index is 13.1. The van der Waals surface area contributed by atoms with Crippen LogP contribution in [0.15, 0.2) is 125 Å². The van der Waals surface area contributed by atoms with Crippen LogP contribution in [0.3, 0.4) is 0 Å². The van der Waals surface area contributed by atoms with E-state index in [1.165, 1.54) is 51.1 Å². The lowest BCUT2D eigenvalue weighted by atomic mass is 9.96. The quantitative estimate of drug-likeness (QED) is 0.0247. The molecule has 0 aliphatic carbocycles. The number of anilines is 3. The van der Waals surface area contributed by atoms with Crippen LogP contribution in [0.1, 0.15) is 71.9 Å². The Morgan fingerprint density at radius 2 is 0.632 bits per heavy atom. The van der Waals surface area contributed by atoms with Crippen molar-refractivity contribution >= 4 is 87.4 Å². The molecule has 0 saturated carbocycles. The largest absolute Gasteiger partial charge is 1.00 e. The van der Waals surface area contributed by atoms with Crippen LogP contribution in [0.25, 0.3) is 0 Å². The van der Waals surface area contributed by atoms with E-state index in [0.29, 0.717) is 88.0 Å². The third-order valence-corrected chi connectivity index (χ3v) is 27.2. The monoisotopic (exact) mass is 1980 g/mol. The van der Waals surface area contributed by atoms with Gasteiger partial charge in [-0.3, -0.25) is 19.4 Å². The predicted molar refractivity (Wildman–Crippen MR) is 446 cm³/mol. The summed E-state index contributed by atoms with van der Waals surface area (Å²) in [6.07, 6.45) is 18.0. The van der Waals surface area contributed by atoms with Crippen LogP contribution in [0.2, 0.25) is 0 Å². The number of rotatable bonds is 33. The Balaban J connectivity index is 0.000000353. The van der Waals surface area contributed by atoms with Gasteiger partial charge in [0.05, 0.1) is 55.8 Å². The van der Waals surface area contributed by atoms with Gasteiger partial charge in [0.2, 0.25) is 47.8 Å².